The van der Waals surface area contributed by atoms with Gasteiger partial charge < -0.3 is 4.98 Å². The van der Waals surface area contributed by atoms with Crippen LogP contribution < -0.4 is 0 Å². The van der Waals surface area contributed by atoms with Crippen LogP contribution in [0.1, 0.15) is 86.1 Å². The Kier molecular flexibility index (Phi) is 6.84. The lowest BCUT2D eigenvalue weighted by Crippen LogP contribution is -1.99. The number of aromatic nitrogens is 3. The summed E-state index contributed by atoms with van der Waals surface area (Å²) < 4.78 is 0. The maximum atomic E-state index is 4.75. The Hall–Kier alpha value is -1.94. The third-order valence-electron chi connectivity index (χ3n) is 5.31. The van der Waals surface area contributed by atoms with Crippen LogP contribution in [0.3, 0.4) is 0 Å². The average Bonchev–Trinajstić information content (AvgIpc) is 3.34. The summed E-state index contributed by atoms with van der Waals surface area (Å²) in [7, 11) is 0. The van der Waals surface area contributed by atoms with Crippen LogP contribution in [0.25, 0.3) is 0 Å². The van der Waals surface area contributed by atoms with Crippen LogP contribution in [-0.2, 0) is 12.8 Å². The number of rotatable bonds is 9. The topological polar surface area (TPSA) is 41.6 Å². The zero-order chi connectivity index (χ0) is 19.2. The standard InChI is InChI=1S/C23H31N3S/c1-16(2)21-15-27-23(26-21)13-11-18(4)20-14-24-22(25-20)12-10-17(3)19-8-6-5-7-9-19/h5-9,14-18H,10-13H2,1-4H3,(H,24,25). The normalized spacial score (nSPS) is 13.8. The predicted octanol–water partition coefficient (Wildman–Crippen LogP) is 6.46. The summed E-state index contributed by atoms with van der Waals surface area (Å²) in [5.41, 5.74) is 3.87. The quantitative estimate of drug-likeness (QED) is 0.462. The Morgan fingerprint density at radius 2 is 1.70 bits per heavy atom. The zero-order valence-corrected chi connectivity index (χ0v) is 17.7. The number of benzene rings is 1. The minimum atomic E-state index is 0.476. The van der Waals surface area contributed by atoms with E-state index in [2.05, 4.69) is 73.4 Å². The lowest BCUT2D eigenvalue weighted by Gasteiger charge is -2.11. The molecule has 0 bridgehead atoms. The van der Waals surface area contributed by atoms with Gasteiger partial charge in [0.05, 0.1) is 10.7 Å². The molecule has 3 aromatic rings. The Labute approximate surface area is 167 Å². The third-order valence-corrected chi connectivity index (χ3v) is 6.24. The van der Waals surface area contributed by atoms with Gasteiger partial charge in [0, 0.05) is 23.7 Å². The second kappa shape index (κ2) is 9.32. The first-order chi connectivity index (χ1) is 13.0. The van der Waals surface area contributed by atoms with Crippen molar-refractivity contribution in [2.24, 2.45) is 0 Å². The molecule has 4 heteroatoms. The summed E-state index contributed by atoms with van der Waals surface area (Å²) in [5, 5.41) is 3.45. The zero-order valence-electron chi connectivity index (χ0n) is 16.9. The molecule has 1 aromatic carbocycles. The van der Waals surface area contributed by atoms with Gasteiger partial charge in [0.2, 0.25) is 0 Å². The van der Waals surface area contributed by atoms with Crippen molar-refractivity contribution in [2.75, 3.05) is 0 Å². The fraction of sp³-hybridized carbons (Fsp3) is 0.478. The first kappa shape index (κ1) is 19.8. The predicted molar refractivity (Wildman–Crippen MR) is 115 cm³/mol. The van der Waals surface area contributed by atoms with E-state index in [9.17, 15) is 0 Å². The van der Waals surface area contributed by atoms with E-state index in [1.54, 1.807) is 11.3 Å². The van der Waals surface area contributed by atoms with Crippen molar-refractivity contribution >= 4 is 11.3 Å². The second-order valence-electron chi connectivity index (χ2n) is 7.90. The highest BCUT2D eigenvalue weighted by molar-refractivity contribution is 7.09. The Bertz CT molecular complexity index is 819. The molecule has 2 atom stereocenters. The number of nitrogens with one attached hydrogen (secondary N) is 1. The van der Waals surface area contributed by atoms with Gasteiger partial charge >= 0.3 is 0 Å². The molecular formula is C23H31N3S. The van der Waals surface area contributed by atoms with Gasteiger partial charge in [-0.1, -0.05) is 58.0 Å². The molecule has 0 radical (unpaired) electrons. The van der Waals surface area contributed by atoms with Crippen molar-refractivity contribution in [3.8, 4) is 0 Å². The van der Waals surface area contributed by atoms with Crippen molar-refractivity contribution in [2.45, 2.75) is 71.1 Å². The van der Waals surface area contributed by atoms with Gasteiger partial charge in [-0.05, 0) is 42.6 Å². The van der Waals surface area contributed by atoms with E-state index in [1.165, 1.54) is 22.0 Å². The van der Waals surface area contributed by atoms with E-state index >= 15 is 0 Å². The van der Waals surface area contributed by atoms with Crippen molar-refractivity contribution < 1.29 is 0 Å². The minimum Gasteiger partial charge on any atom is -0.346 e. The number of H-pyrrole nitrogens is 1. The summed E-state index contributed by atoms with van der Waals surface area (Å²) in [6.07, 6.45) is 6.27. The highest BCUT2D eigenvalue weighted by Gasteiger charge is 2.13. The smallest absolute Gasteiger partial charge is 0.106 e. The molecule has 1 N–H and O–H groups in total. The average molecular weight is 382 g/mol. The number of aromatic amines is 1. The van der Waals surface area contributed by atoms with E-state index in [1.807, 2.05) is 6.20 Å². The fourth-order valence-corrected chi connectivity index (χ4v) is 4.23. The highest BCUT2D eigenvalue weighted by Crippen LogP contribution is 2.24. The molecule has 0 aliphatic rings. The number of nitrogens with zero attached hydrogens (tertiary/aromatic N) is 2. The maximum absolute atomic E-state index is 4.75. The van der Waals surface area contributed by atoms with E-state index in [0.29, 0.717) is 17.8 Å². The molecule has 0 amide bonds. The third kappa shape index (κ3) is 5.52. The minimum absolute atomic E-state index is 0.476. The lowest BCUT2D eigenvalue weighted by atomic mass is 9.96. The molecule has 3 nitrogen and oxygen atoms in total. The Morgan fingerprint density at radius 1 is 0.963 bits per heavy atom. The first-order valence-electron chi connectivity index (χ1n) is 10.1. The van der Waals surface area contributed by atoms with E-state index in [0.717, 1.165) is 31.5 Å². The molecule has 144 valence electrons. The molecule has 3 rings (SSSR count). The molecule has 2 unspecified atom stereocenters. The van der Waals surface area contributed by atoms with Crippen LogP contribution in [0.5, 0.6) is 0 Å². The Morgan fingerprint density at radius 3 is 2.41 bits per heavy atom. The number of aryl methyl sites for hydroxylation is 2. The van der Waals surface area contributed by atoms with Crippen molar-refractivity contribution in [3.05, 3.63) is 69.7 Å². The van der Waals surface area contributed by atoms with Crippen LogP contribution in [-0.4, -0.2) is 15.0 Å². The molecule has 2 aromatic heterocycles. The summed E-state index contributed by atoms with van der Waals surface area (Å²) in [5.74, 6) is 2.65. The van der Waals surface area contributed by atoms with E-state index in [-0.39, 0.29) is 0 Å². The van der Waals surface area contributed by atoms with Gasteiger partial charge in [-0.2, -0.15) is 0 Å². The van der Waals surface area contributed by atoms with Gasteiger partial charge in [-0.3, -0.25) is 0 Å². The summed E-state index contributed by atoms with van der Waals surface area (Å²) in [6.45, 7) is 8.97. The summed E-state index contributed by atoms with van der Waals surface area (Å²) >= 11 is 1.79. The maximum Gasteiger partial charge on any atom is 0.106 e. The molecule has 0 saturated carbocycles. The number of imidazole rings is 1. The van der Waals surface area contributed by atoms with Gasteiger partial charge in [-0.15, -0.1) is 11.3 Å². The molecule has 0 aliphatic heterocycles. The summed E-state index contributed by atoms with van der Waals surface area (Å²) in [6, 6.07) is 10.7. The van der Waals surface area contributed by atoms with E-state index < -0.39 is 0 Å². The summed E-state index contributed by atoms with van der Waals surface area (Å²) in [4.78, 5) is 12.9. The van der Waals surface area contributed by atoms with Gasteiger partial charge in [0.25, 0.3) is 0 Å². The second-order valence-corrected chi connectivity index (χ2v) is 8.84. The SMILES string of the molecule is CC(C)c1csc(CCC(C)c2cnc(CCC(C)c3ccccc3)[nH]2)n1. The lowest BCUT2D eigenvalue weighted by molar-refractivity contribution is 0.645. The van der Waals surface area contributed by atoms with Crippen LogP contribution in [0.2, 0.25) is 0 Å². The van der Waals surface area contributed by atoms with Crippen LogP contribution in [0, 0.1) is 0 Å². The fourth-order valence-electron chi connectivity index (χ4n) is 3.26. The Balaban J connectivity index is 1.49. The van der Waals surface area contributed by atoms with E-state index in [4.69, 9.17) is 4.98 Å². The monoisotopic (exact) mass is 381 g/mol. The van der Waals surface area contributed by atoms with Crippen molar-refractivity contribution in [3.63, 3.8) is 0 Å². The molecule has 0 spiro atoms. The number of hydrogen-bond donors (Lipinski definition) is 1. The molecule has 0 saturated heterocycles. The van der Waals surface area contributed by atoms with Gasteiger partial charge in [0.1, 0.15) is 5.82 Å². The van der Waals surface area contributed by atoms with Crippen LogP contribution >= 0.6 is 11.3 Å². The van der Waals surface area contributed by atoms with Crippen LogP contribution in [0.15, 0.2) is 41.9 Å². The van der Waals surface area contributed by atoms with Gasteiger partial charge in [-0.25, -0.2) is 9.97 Å². The largest absolute Gasteiger partial charge is 0.346 e. The molecule has 0 fully saturated rings. The van der Waals surface area contributed by atoms with Crippen LogP contribution in [0.4, 0.5) is 0 Å². The van der Waals surface area contributed by atoms with Crippen molar-refractivity contribution in [1.82, 2.24) is 15.0 Å². The number of thiazole rings is 1. The highest BCUT2D eigenvalue weighted by atomic mass is 32.1. The first-order valence-corrected chi connectivity index (χ1v) is 10.9. The number of hydrogen-bond acceptors (Lipinski definition) is 3. The van der Waals surface area contributed by atoms with Gasteiger partial charge in [0.15, 0.2) is 0 Å². The van der Waals surface area contributed by atoms with Crippen molar-refractivity contribution in [1.29, 1.82) is 0 Å². The molecule has 2 heterocycles. The molecule has 27 heavy (non-hydrogen) atoms. The molecular weight excluding hydrogens is 350 g/mol. The molecule has 0 aliphatic carbocycles.